The first kappa shape index (κ1) is 19.3. The second kappa shape index (κ2) is 6.91. The van der Waals surface area contributed by atoms with E-state index in [4.69, 9.17) is 11.6 Å². The number of rotatable bonds is 4. The van der Waals surface area contributed by atoms with Crippen molar-refractivity contribution in [3.05, 3.63) is 41.3 Å². The smallest absolute Gasteiger partial charge is 0.344 e. The Labute approximate surface area is 155 Å². The number of hydrogen-bond acceptors (Lipinski definition) is 4. The molecule has 27 heavy (non-hydrogen) atoms. The first-order valence-electron chi connectivity index (χ1n) is 7.77. The molecule has 144 valence electrons. The predicted molar refractivity (Wildman–Crippen MR) is 89.7 cm³/mol. The lowest BCUT2D eigenvalue weighted by Crippen LogP contribution is -2.40. The zero-order valence-electron chi connectivity index (χ0n) is 14.1. The summed E-state index contributed by atoms with van der Waals surface area (Å²) in [5, 5.41) is 3.48. The van der Waals surface area contributed by atoms with Crippen molar-refractivity contribution >= 4 is 23.2 Å². The molecule has 0 radical (unpaired) electrons. The quantitative estimate of drug-likeness (QED) is 0.473. The molecule has 0 aliphatic carbocycles. The third-order valence-electron chi connectivity index (χ3n) is 3.82. The van der Waals surface area contributed by atoms with E-state index in [0.717, 1.165) is 33.9 Å². The first-order valence-corrected chi connectivity index (χ1v) is 8.15. The Morgan fingerprint density at radius 3 is 2.33 bits per heavy atom. The van der Waals surface area contributed by atoms with Crippen molar-refractivity contribution < 1.29 is 22.0 Å². The van der Waals surface area contributed by atoms with Gasteiger partial charge in [0, 0.05) is 6.04 Å². The monoisotopic (exact) mass is 405 g/mol. The van der Waals surface area contributed by atoms with Gasteiger partial charge in [-0.15, -0.1) is 0 Å². The van der Waals surface area contributed by atoms with E-state index in [-0.39, 0.29) is 22.3 Å². The van der Waals surface area contributed by atoms with Gasteiger partial charge in [0.25, 0.3) is 5.78 Å². The van der Waals surface area contributed by atoms with Crippen LogP contribution in [0.4, 0.5) is 27.8 Å². The van der Waals surface area contributed by atoms with E-state index in [2.05, 4.69) is 15.1 Å². The maximum absolute atomic E-state index is 14.4. The van der Waals surface area contributed by atoms with Crippen LogP contribution in [0, 0.1) is 11.6 Å². The molecule has 0 bridgehead atoms. The molecule has 5 nitrogen and oxygen atoms in total. The number of nitrogens with zero attached hydrogens (tertiary/aromatic N) is 5. The second-order valence-corrected chi connectivity index (χ2v) is 6.36. The lowest BCUT2D eigenvalue weighted by molar-refractivity contribution is -0.120. The molecule has 0 spiro atoms. The Kier molecular flexibility index (Phi) is 4.94. The van der Waals surface area contributed by atoms with Gasteiger partial charge in [-0.1, -0.05) is 17.7 Å². The van der Waals surface area contributed by atoms with Gasteiger partial charge in [0.1, 0.15) is 35.5 Å². The molecule has 0 saturated heterocycles. The zero-order valence-corrected chi connectivity index (χ0v) is 14.9. The number of aromatic nitrogens is 4. The molecule has 0 aliphatic heterocycles. The van der Waals surface area contributed by atoms with E-state index in [9.17, 15) is 22.0 Å². The molecule has 11 heteroatoms. The summed E-state index contributed by atoms with van der Waals surface area (Å²) in [5.74, 6) is -2.33. The van der Waals surface area contributed by atoms with Crippen molar-refractivity contribution in [1.82, 2.24) is 19.6 Å². The molecule has 0 atom stereocenters. The Bertz CT molecular complexity index is 965. The van der Waals surface area contributed by atoms with E-state index in [0.29, 0.717) is 0 Å². The van der Waals surface area contributed by atoms with Gasteiger partial charge >= 0.3 is 6.18 Å². The van der Waals surface area contributed by atoms with E-state index in [1.165, 1.54) is 13.8 Å². The van der Waals surface area contributed by atoms with Crippen LogP contribution >= 0.6 is 11.6 Å². The van der Waals surface area contributed by atoms with Gasteiger partial charge in [0.2, 0.25) is 0 Å². The topological polar surface area (TPSA) is 46.3 Å². The first-order chi connectivity index (χ1) is 12.6. The van der Waals surface area contributed by atoms with E-state index >= 15 is 0 Å². The number of anilines is 1. The minimum absolute atomic E-state index is 0.0941. The van der Waals surface area contributed by atoms with Crippen LogP contribution in [0.25, 0.3) is 16.9 Å². The van der Waals surface area contributed by atoms with Gasteiger partial charge in [-0.2, -0.15) is 32.8 Å². The predicted octanol–water partition coefficient (Wildman–Crippen LogP) is 4.50. The lowest BCUT2D eigenvalue weighted by atomic mass is 10.1. The molecular formula is C16H13ClF5N5. The highest BCUT2D eigenvalue weighted by molar-refractivity contribution is 6.33. The van der Waals surface area contributed by atoms with Gasteiger partial charge in [-0.3, -0.25) is 0 Å². The fourth-order valence-corrected chi connectivity index (χ4v) is 2.97. The van der Waals surface area contributed by atoms with Gasteiger partial charge in [0.05, 0.1) is 11.1 Å². The Hall–Kier alpha value is -2.49. The van der Waals surface area contributed by atoms with Gasteiger partial charge < -0.3 is 4.90 Å². The van der Waals surface area contributed by atoms with Gasteiger partial charge in [-0.05, 0) is 26.0 Å². The molecule has 0 fully saturated rings. The number of alkyl halides is 3. The summed E-state index contributed by atoms with van der Waals surface area (Å²) in [7, 11) is 0. The molecular weight excluding hydrogens is 393 g/mol. The van der Waals surface area contributed by atoms with E-state index in [1.807, 2.05) is 0 Å². The highest BCUT2D eigenvalue weighted by Gasteiger charge is 2.36. The molecule has 0 N–H and O–H groups in total. The summed E-state index contributed by atoms with van der Waals surface area (Å²) in [4.78, 5) is 8.62. The molecule has 0 unspecified atom stereocenters. The summed E-state index contributed by atoms with van der Waals surface area (Å²) < 4.78 is 69.4. The van der Waals surface area contributed by atoms with E-state index in [1.54, 1.807) is 0 Å². The fraction of sp³-hybridized carbons (Fsp3) is 0.312. The van der Waals surface area contributed by atoms with Gasteiger partial charge in [0.15, 0.2) is 0 Å². The summed E-state index contributed by atoms with van der Waals surface area (Å²) in [6.07, 6.45) is -3.52. The second-order valence-electron chi connectivity index (χ2n) is 6.01. The molecule has 1 aromatic carbocycles. The number of fused-ring (bicyclic) bond motifs is 1. The minimum Gasteiger partial charge on any atom is -0.344 e. The van der Waals surface area contributed by atoms with Crippen LogP contribution in [0.2, 0.25) is 5.15 Å². The summed E-state index contributed by atoms with van der Waals surface area (Å²) >= 11 is 6.13. The van der Waals surface area contributed by atoms with Gasteiger partial charge in [-0.25, -0.2) is 8.78 Å². The van der Waals surface area contributed by atoms with Crippen molar-refractivity contribution in [3.63, 3.8) is 0 Å². The average molecular weight is 406 g/mol. The van der Waals surface area contributed by atoms with Crippen LogP contribution in [0.5, 0.6) is 0 Å². The average Bonchev–Trinajstić information content (AvgIpc) is 2.99. The molecule has 2 aromatic heterocycles. The van der Waals surface area contributed by atoms with E-state index < -0.39 is 36.0 Å². The summed E-state index contributed by atoms with van der Waals surface area (Å²) in [6.45, 7) is 1.62. The zero-order chi connectivity index (χ0) is 19.9. The SMILES string of the molecule is CC(C)N(CC(F)(F)F)c1c(-c2c(F)cccc2F)c(Cl)nc2ncnn12. The normalized spacial score (nSPS) is 12.2. The highest BCUT2D eigenvalue weighted by Crippen LogP contribution is 2.40. The summed E-state index contributed by atoms with van der Waals surface area (Å²) in [5.41, 5.74) is -0.918. The van der Waals surface area contributed by atoms with Crippen LogP contribution in [-0.4, -0.2) is 38.3 Å². The minimum atomic E-state index is -4.59. The Balaban J connectivity index is 2.40. The Morgan fingerprint density at radius 2 is 1.78 bits per heavy atom. The van der Waals surface area contributed by atoms with Crippen molar-refractivity contribution in [3.8, 4) is 11.1 Å². The van der Waals surface area contributed by atoms with Crippen LogP contribution in [-0.2, 0) is 0 Å². The van der Waals surface area contributed by atoms with Crippen LogP contribution in [0.3, 0.4) is 0 Å². The lowest BCUT2D eigenvalue weighted by Gasteiger charge is -2.31. The third-order valence-corrected chi connectivity index (χ3v) is 4.09. The van der Waals surface area contributed by atoms with Crippen LogP contribution < -0.4 is 4.90 Å². The Morgan fingerprint density at radius 1 is 1.15 bits per heavy atom. The van der Waals surface area contributed by atoms with Crippen molar-refractivity contribution in [2.45, 2.75) is 26.1 Å². The van der Waals surface area contributed by atoms with Crippen LogP contribution in [0.1, 0.15) is 13.8 Å². The molecule has 0 saturated carbocycles. The molecule has 3 aromatic rings. The molecule has 2 heterocycles. The molecule has 0 aliphatic rings. The van der Waals surface area contributed by atoms with Crippen LogP contribution in [0.15, 0.2) is 24.5 Å². The fourth-order valence-electron chi connectivity index (χ4n) is 2.71. The number of benzene rings is 1. The standard InChI is InChI=1S/C16H13ClF5N5/c1-8(2)26(6-16(20,21)22)14-12(11-9(18)4-3-5-10(11)19)13(17)25-15-23-7-24-27(14)15/h3-5,7-8H,6H2,1-2H3. The number of hydrogen-bond donors (Lipinski definition) is 0. The number of halogens is 6. The maximum atomic E-state index is 14.4. The molecule has 3 rings (SSSR count). The third kappa shape index (κ3) is 3.66. The maximum Gasteiger partial charge on any atom is 0.405 e. The highest BCUT2D eigenvalue weighted by atomic mass is 35.5. The molecule has 0 amide bonds. The summed E-state index contributed by atoms with van der Waals surface area (Å²) in [6, 6.07) is 2.39. The van der Waals surface area contributed by atoms with Crippen molar-refractivity contribution in [2.75, 3.05) is 11.4 Å². The largest absolute Gasteiger partial charge is 0.405 e. The van der Waals surface area contributed by atoms with Crippen molar-refractivity contribution in [2.24, 2.45) is 0 Å². The van der Waals surface area contributed by atoms with Crippen molar-refractivity contribution in [1.29, 1.82) is 0 Å².